The smallest absolute Gasteiger partial charge is 0.269 e. The van der Waals surface area contributed by atoms with Crippen molar-refractivity contribution in [2.24, 2.45) is 5.73 Å². The minimum Gasteiger partial charge on any atom is -0.368 e. The molecule has 1 aromatic carbocycles. The predicted octanol–water partition coefficient (Wildman–Crippen LogP) is 1.39. The minimum atomic E-state index is -0.590. The van der Waals surface area contributed by atoms with Crippen molar-refractivity contribution in [2.45, 2.75) is 5.33 Å². The van der Waals surface area contributed by atoms with Gasteiger partial charge in [0, 0.05) is 23.0 Å². The Morgan fingerprint density at radius 2 is 2.14 bits per heavy atom. The maximum absolute atomic E-state index is 11.6. The first kappa shape index (κ1) is 13.5. The Kier molecular flexibility index (Phi) is 3.30. The lowest BCUT2D eigenvalue weighted by molar-refractivity contribution is 0.0996. The lowest BCUT2D eigenvalue weighted by atomic mass is 10.1. The van der Waals surface area contributed by atoms with Crippen LogP contribution in [-0.4, -0.2) is 25.7 Å². The van der Waals surface area contributed by atoms with Crippen LogP contribution >= 0.6 is 15.9 Å². The van der Waals surface area contributed by atoms with E-state index >= 15 is 0 Å². The SMILES string of the molecule is NC(=O)c1nn(-c2ccnc(N)n2)c2cc(CBr)ccc12. The van der Waals surface area contributed by atoms with Crippen LogP contribution in [0.3, 0.4) is 0 Å². The van der Waals surface area contributed by atoms with E-state index in [0.717, 1.165) is 11.1 Å². The molecule has 0 aliphatic rings. The van der Waals surface area contributed by atoms with E-state index in [1.165, 1.54) is 6.20 Å². The average molecular weight is 347 g/mol. The number of hydrogen-bond acceptors (Lipinski definition) is 5. The van der Waals surface area contributed by atoms with Crippen molar-refractivity contribution in [3.05, 3.63) is 41.7 Å². The van der Waals surface area contributed by atoms with Gasteiger partial charge >= 0.3 is 0 Å². The number of primary amides is 1. The van der Waals surface area contributed by atoms with Crippen molar-refractivity contribution in [3.8, 4) is 5.82 Å². The monoisotopic (exact) mass is 346 g/mol. The molecule has 3 aromatic rings. The van der Waals surface area contributed by atoms with E-state index in [-0.39, 0.29) is 11.6 Å². The number of nitrogens with zero attached hydrogens (tertiary/aromatic N) is 4. The molecule has 8 heteroatoms. The minimum absolute atomic E-state index is 0.133. The molecule has 2 heterocycles. The summed E-state index contributed by atoms with van der Waals surface area (Å²) in [6, 6.07) is 7.31. The molecule has 0 aliphatic heterocycles. The number of benzene rings is 1. The lowest BCUT2D eigenvalue weighted by Crippen LogP contribution is -2.13. The average Bonchev–Trinajstić information content (AvgIpc) is 2.86. The fraction of sp³-hybridized carbons (Fsp3) is 0.0769. The van der Waals surface area contributed by atoms with Crippen LogP contribution in [0.2, 0.25) is 0 Å². The van der Waals surface area contributed by atoms with Crippen LogP contribution in [0.5, 0.6) is 0 Å². The zero-order chi connectivity index (χ0) is 15.0. The van der Waals surface area contributed by atoms with E-state index in [9.17, 15) is 4.79 Å². The standard InChI is InChI=1S/C13H11BrN6O/c14-6-7-1-2-8-9(5-7)20(19-11(8)12(15)21)10-3-4-17-13(16)18-10/h1-5H,6H2,(H2,15,21)(H2,16,17,18). The van der Waals surface area contributed by atoms with Crippen LogP contribution in [0, 0.1) is 0 Å². The number of amides is 1. The summed E-state index contributed by atoms with van der Waals surface area (Å²) >= 11 is 3.40. The largest absolute Gasteiger partial charge is 0.368 e. The number of hydrogen-bond donors (Lipinski definition) is 2. The molecule has 0 fully saturated rings. The third-order valence-electron chi connectivity index (χ3n) is 3.01. The van der Waals surface area contributed by atoms with Gasteiger partial charge in [-0.15, -0.1) is 0 Å². The van der Waals surface area contributed by atoms with Crippen molar-refractivity contribution >= 4 is 38.7 Å². The molecule has 21 heavy (non-hydrogen) atoms. The number of anilines is 1. The van der Waals surface area contributed by atoms with Gasteiger partial charge in [-0.25, -0.2) is 9.67 Å². The van der Waals surface area contributed by atoms with Gasteiger partial charge in [0.2, 0.25) is 5.95 Å². The van der Waals surface area contributed by atoms with Gasteiger partial charge < -0.3 is 11.5 Å². The second kappa shape index (κ2) is 5.13. The van der Waals surface area contributed by atoms with Crippen molar-refractivity contribution in [2.75, 3.05) is 5.73 Å². The van der Waals surface area contributed by atoms with Crippen LogP contribution < -0.4 is 11.5 Å². The molecule has 0 radical (unpaired) electrons. The molecule has 0 atom stereocenters. The number of fused-ring (bicyclic) bond motifs is 1. The predicted molar refractivity (Wildman–Crippen MR) is 82.2 cm³/mol. The third kappa shape index (κ3) is 2.33. The summed E-state index contributed by atoms with van der Waals surface area (Å²) in [6.07, 6.45) is 1.53. The highest BCUT2D eigenvalue weighted by Crippen LogP contribution is 2.23. The molecule has 0 saturated carbocycles. The van der Waals surface area contributed by atoms with Crippen molar-refractivity contribution in [1.82, 2.24) is 19.7 Å². The summed E-state index contributed by atoms with van der Waals surface area (Å²) < 4.78 is 1.54. The van der Waals surface area contributed by atoms with Crippen molar-refractivity contribution in [1.29, 1.82) is 0 Å². The van der Waals surface area contributed by atoms with Gasteiger partial charge in [0.05, 0.1) is 5.52 Å². The number of carbonyl (C=O) groups is 1. The molecule has 1 amide bonds. The number of nitrogens with two attached hydrogens (primary N) is 2. The van der Waals surface area contributed by atoms with Gasteiger partial charge in [-0.2, -0.15) is 10.1 Å². The Labute approximate surface area is 128 Å². The van der Waals surface area contributed by atoms with Crippen LogP contribution in [0.25, 0.3) is 16.7 Å². The van der Waals surface area contributed by atoms with E-state index in [2.05, 4.69) is 31.0 Å². The highest BCUT2D eigenvalue weighted by molar-refractivity contribution is 9.08. The summed E-state index contributed by atoms with van der Waals surface area (Å²) in [6.45, 7) is 0. The zero-order valence-electron chi connectivity index (χ0n) is 10.8. The van der Waals surface area contributed by atoms with Crippen LogP contribution in [0.4, 0.5) is 5.95 Å². The van der Waals surface area contributed by atoms with Crippen LogP contribution in [0.1, 0.15) is 16.1 Å². The first-order valence-electron chi connectivity index (χ1n) is 6.06. The molecule has 0 aliphatic carbocycles. The highest BCUT2D eigenvalue weighted by Gasteiger charge is 2.17. The second-order valence-electron chi connectivity index (χ2n) is 4.38. The van der Waals surface area contributed by atoms with Crippen molar-refractivity contribution < 1.29 is 4.79 Å². The van der Waals surface area contributed by atoms with Gasteiger partial charge in [-0.1, -0.05) is 28.1 Å². The van der Waals surface area contributed by atoms with Crippen LogP contribution in [0.15, 0.2) is 30.5 Å². The maximum Gasteiger partial charge on any atom is 0.269 e. The summed E-state index contributed by atoms with van der Waals surface area (Å²) in [5.74, 6) is 0.0208. The van der Waals surface area contributed by atoms with Gasteiger partial charge in [-0.05, 0) is 11.6 Å². The van der Waals surface area contributed by atoms with Crippen LogP contribution in [-0.2, 0) is 5.33 Å². The third-order valence-corrected chi connectivity index (χ3v) is 3.66. The molecular formula is C13H11BrN6O. The molecule has 7 nitrogen and oxygen atoms in total. The Balaban J connectivity index is 2.33. The number of halogens is 1. The van der Waals surface area contributed by atoms with E-state index in [1.54, 1.807) is 10.7 Å². The van der Waals surface area contributed by atoms with E-state index in [1.807, 2.05) is 18.2 Å². The van der Waals surface area contributed by atoms with E-state index in [4.69, 9.17) is 11.5 Å². The Morgan fingerprint density at radius 3 is 2.81 bits per heavy atom. The Bertz CT molecular complexity index is 844. The molecule has 2 aromatic heterocycles. The van der Waals surface area contributed by atoms with E-state index in [0.29, 0.717) is 16.5 Å². The molecule has 0 unspecified atom stereocenters. The molecular weight excluding hydrogens is 336 g/mol. The normalized spacial score (nSPS) is 10.9. The maximum atomic E-state index is 11.6. The molecule has 3 rings (SSSR count). The van der Waals surface area contributed by atoms with Gasteiger partial charge in [0.15, 0.2) is 11.5 Å². The number of carbonyl (C=O) groups excluding carboxylic acids is 1. The summed E-state index contributed by atoms with van der Waals surface area (Å²) in [5, 5.41) is 5.61. The molecule has 0 saturated heterocycles. The summed E-state index contributed by atoms with van der Waals surface area (Å²) in [4.78, 5) is 19.5. The molecule has 0 spiro atoms. The summed E-state index contributed by atoms with van der Waals surface area (Å²) in [7, 11) is 0. The lowest BCUT2D eigenvalue weighted by Gasteiger charge is -2.03. The first-order chi connectivity index (χ1) is 10.1. The quantitative estimate of drug-likeness (QED) is 0.695. The van der Waals surface area contributed by atoms with Crippen molar-refractivity contribution in [3.63, 3.8) is 0 Å². The number of nitrogen functional groups attached to an aromatic ring is 1. The van der Waals surface area contributed by atoms with Gasteiger partial charge in [0.1, 0.15) is 0 Å². The Morgan fingerprint density at radius 1 is 1.33 bits per heavy atom. The number of aromatic nitrogens is 4. The first-order valence-corrected chi connectivity index (χ1v) is 7.18. The zero-order valence-corrected chi connectivity index (χ0v) is 12.4. The Hall–Kier alpha value is -2.48. The van der Waals surface area contributed by atoms with Gasteiger partial charge in [-0.3, -0.25) is 4.79 Å². The fourth-order valence-electron chi connectivity index (χ4n) is 2.08. The number of rotatable bonds is 3. The molecule has 4 N–H and O–H groups in total. The second-order valence-corrected chi connectivity index (χ2v) is 4.94. The highest BCUT2D eigenvalue weighted by atomic mass is 79.9. The summed E-state index contributed by atoms with van der Waals surface area (Å²) in [5.41, 5.74) is 13.0. The topological polar surface area (TPSA) is 113 Å². The fourth-order valence-corrected chi connectivity index (χ4v) is 2.43. The number of alkyl halides is 1. The van der Waals surface area contributed by atoms with E-state index < -0.39 is 5.91 Å². The van der Waals surface area contributed by atoms with Gasteiger partial charge in [0.25, 0.3) is 5.91 Å². The molecule has 106 valence electrons. The molecule has 0 bridgehead atoms.